The van der Waals surface area contributed by atoms with E-state index in [1.807, 2.05) is 30.3 Å². The Kier molecular flexibility index (Phi) is 6.05. The summed E-state index contributed by atoms with van der Waals surface area (Å²) < 4.78 is 12.0. The zero-order valence-electron chi connectivity index (χ0n) is 11.8. The molecule has 1 saturated heterocycles. The van der Waals surface area contributed by atoms with Crippen molar-refractivity contribution in [2.45, 2.75) is 25.0 Å². The Balaban J connectivity index is 1.73. The number of benzene rings is 1. The maximum Gasteiger partial charge on any atom is 0.191 e. The first kappa shape index (κ1) is 15.0. The number of nitrogens with two attached hydrogens (primary N) is 1. The van der Waals surface area contributed by atoms with Crippen molar-refractivity contribution in [1.82, 2.24) is 4.90 Å². The van der Waals surface area contributed by atoms with Crippen molar-refractivity contribution in [2.75, 3.05) is 25.4 Å². The minimum Gasteiger partial charge on any atom is -0.370 e. The van der Waals surface area contributed by atoms with Crippen LogP contribution in [-0.4, -0.2) is 40.5 Å². The number of aliphatic imine (C=N–C) groups is 1. The number of likely N-dealkylation sites (tertiary alicyclic amines) is 1. The van der Waals surface area contributed by atoms with E-state index < -0.39 is 10.8 Å². The van der Waals surface area contributed by atoms with Crippen LogP contribution in [0.15, 0.2) is 35.3 Å². The van der Waals surface area contributed by atoms with Crippen molar-refractivity contribution < 1.29 is 4.21 Å². The normalized spacial score (nSPS) is 18.0. The molecular formula is C15H23N3OS. The van der Waals surface area contributed by atoms with Crippen molar-refractivity contribution in [2.24, 2.45) is 10.7 Å². The summed E-state index contributed by atoms with van der Waals surface area (Å²) in [4.78, 5) is 6.49. The largest absolute Gasteiger partial charge is 0.370 e. The van der Waals surface area contributed by atoms with Crippen LogP contribution in [0.3, 0.4) is 0 Å². The highest BCUT2D eigenvalue weighted by Crippen LogP contribution is 2.08. The monoisotopic (exact) mass is 293 g/mol. The molecule has 0 spiro atoms. The lowest BCUT2D eigenvalue weighted by Gasteiger charge is -2.27. The van der Waals surface area contributed by atoms with Crippen LogP contribution >= 0.6 is 0 Å². The zero-order chi connectivity index (χ0) is 14.2. The van der Waals surface area contributed by atoms with Gasteiger partial charge in [-0.2, -0.15) is 0 Å². The Hall–Kier alpha value is -1.36. The summed E-state index contributed by atoms with van der Waals surface area (Å²) in [7, 11) is -0.874. The van der Waals surface area contributed by atoms with E-state index in [2.05, 4.69) is 9.89 Å². The highest BCUT2D eigenvalue weighted by molar-refractivity contribution is 7.84. The van der Waals surface area contributed by atoms with Gasteiger partial charge in [-0.1, -0.05) is 30.3 Å². The van der Waals surface area contributed by atoms with E-state index in [1.165, 1.54) is 19.3 Å². The van der Waals surface area contributed by atoms with Gasteiger partial charge < -0.3 is 10.6 Å². The third kappa shape index (κ3) is 4.96. The van der Waals surface area contributed by atoms with Crippen molar-refractivity contribution >= 4 is 16.8 Å². The molecular weight excluding hydrogens is 270 g/mol. The van der Waals surface area contributed by atoms with Gasteiger partial charge in [-0.3, -0.25) is 9.20 Å². The third-order valence-electron chi connectivity index (χ3n) is 3.44. The lowest BCUT2D eigenvalue weighted by atomic mass is 10.1. The smallest absolute Gasteiger partial charge is 0.191 e. The highest BCUT2D eigenvalue weighted by atomic mass is 32.2. The molecule has 1 aromatic rings. The molecule has 0 radical (unpaired) electrons. The van der Waals surface area contributed by atoms with E-state index in [-0.39, 0.29) is 0 Å². The van der Waals surface area contributed by atoms with Crippen LogP contribution in [0.2, 0.25) is 0 Å². The maximum atomic E-state index is 12.0. The van der Waals surface area contributed by atoms with Gasteiger partial charge in [0, 0.05) is 35.4 Å². The van der Waals surface area contributed by atoms with E-state index in [4.69, 9.17) is 5.73 Å². The Labute approximate surface area is 123 Å². The number of nitrogens with zero attached hydrogens (tertiary/aromatic N) is 2. The van der Waals surface area contributed by atoms with Crippen molar-refractivity contribution in [3.05, 3.63) is 35.9 Å². The molecule has 1 fully saturated rings. The van der Waals surface area contributed by atoms with Gasteiger partial charge in [0.1, 0.15) is 0 Å². The second kappa shape index (κ2) is 8.04. The van der Waals surface area contributed by atoms with Gasteiger partial charge in [0.2, 0.25) is 0 Å². The quantitative estimate of drug-likeness (QED) is 0.664. The summed E-state index contributed by atoms with van der Waals surface area (Å²) in [5.41, 5.74) is 7.07. The van der Waals surface area contributed by atoms with Gasteiger partial charge >= 0.3 is 0 Å². The van der Waals surface area contributed by atoms with Gasteiger partial charge in [-0.05, 0) is 24.8 Å². The van der Waals surface area contributed by atoms with Gasteiger partial charge in [0.05, 0.1) is 6.54 Å². The molecule has 1 aliphatic heterocycles. The lowest BCUT2D eigenvalue weighted by Crippen LogP contribution is -2.41. The van der Waals surface area contributed by atoms with Crippen LogP contribution in [0, 0.1) is 0 Å². The predicted molar refractivity (Wildman–Crippen MR) is 85.1 cm³/mol. The summed E-state index contributed by atoms with van der Waals surface area (Å²) in [5.74, 6) is 1.78. The molecule has 1 heterocycles. The van der Waals surface area contributed by atoms with Crippen molar-refractivity contribution in [3.8, 4) is 0 Å². The fraction of sp³-hybridized carbons (Fsp3) is 0.533. The van der Waals surface area contributed by atoms with Crippen LogP contribution in [0.1, 0.15) is 24.8 Å². The molecule has 5 heteroatoms. The number of guanidine groups is 1. The molecule has 0 bridgehead atoms. The molecule has 0 saturated carbocycles. The van der Waals surface area contributed by atoms with Crippen LogP contribution in [0.5, 0.6) is 0 Å². The summed E-state index contributed by atoms with van der Waals surface area (Å²) in [6.07, 6.45) is 3.66. The number of piperidine rings is 1. The Bertz CT molecular complexity index is 455. The summed E-state index contributed by atoms with van der Waals surface area (Å²) in [6.45, 7) is 2.55. The Morgan fingerprint density at radius 2 is 1.90 bits per heavy atom. The molecule has 20 heavy (non-hydrogen) atoms. The molecule has 0 amide bonds. The number of hydrogen-bond acceptors (Lipinski definition) is 2. The third-order valence-corrected chi connectivity index (χ3v) is 4.74. The Morgan fingerprint density at radius 3 is 2.60 bits per heavy atom. The molecule has 0 unspecified atom stereocenters. The molecule has 2 rings (SSSR count). The van der Waals surface area contributed by atoms with E-state index in [9.17, 15) is 4.21 Å². The predicted octanol–water partition coefficient (Wildman–Crippen LogP) is 1.74. The fourth-order valence-corrected chi connectivity index (χ4v) is 3.32. The first-order valence-electron chi connectivity index (χ1n) is 7.19. The highest BCUT2D eigenvalue weighted by Gasteiger charge is 2.11. The van der Waals surface area contributed by atoms with Crippen LogP contribution in [0.25, 0.3) is 0 Å². The van der Waals surface area contributed by atoms with Crippen LogP contribution in [-0.2, 0) is 16.6 Å². The van der Waals surface area contributed by atoms with Gasteiger partial charge in [-0.15, -0.1) is 0 Å². The molecule has 2 N–H and O–H groups in total. The van der Waals surface area contributed by atoms with E-state index >= 15 is 0 Å². The van der Waals surface area contributed by atoms with E-state index in [0.717, 1.165) is 18.7 Å². The second-order valence-corrected chi connectivity index (χ2v) is 6.64. The average molecular weight is 293 g/mol. The zero-order valence-corrected chi connectivity index (χ0v) is 12.6. The minimum atomic E-state index is -0.874. The molecule has 1 atom stereocenters. The molecule has 0 aliphatic carbocycles. The summed E-state index contributed by atoms with van der Waals surface area (Å²) in [5, 5.41) is 0. The first-order chi connectivity index (χ1) is 9.75. The van der Waals surface area contributed by atoms with Gasteiger partial charge in [-0.25, -0.2) is 0 Å². The van der Waals surface area contributed by atoms with Crippen molar-refractivity contribution in [3.63, 3.8) is 0 Å². The second-order valence-electron chi connectivity index (χ2n) is 5.06. The lowest BCUT2D eigenvalue weighted by molar-refractivity contribution is 0.338. The van der Waals surface area contributed by atoms with Gasteiger partial charge in [0.15, 0.2) is 5.96 Å². The number of hydrogen-bond donors (Lipinski definition) is 1. The van der Waals surface area contributed by atoms with E-state index in [1.54, 1.807) is 0 Å². The number of rotatable bonds is 5. The molecule has 0 aromatic heterocycles. The van der Waals surface area contributed by atoms with E-state index in [0.29, 0.717) is 24.0 Å². The van der Waals surface area contributed by atoms with Crippen LogP contribution < -0.4 is 5.73 Å². The first-order valence-corrected chi connectivity index (χ1v) is 8.68. The molecule has 1 aliphatic rings. The standard InChI is InChI=1S/C15H23N3OS/c16-15(18-10-5-2-6-11-18)17-9-12-20(19)13-14-7-3-1-4-8-14/h1,3-4,7-8H,2,5-6,9-13H2,(H2,16,17)/t20-/m1/s1. The molecule has 4 nitrogen and oxygen atoms in total. The summed E-state index contributed by atoms with van der Waals surface area (Å²) >= 11 is 0. The molecule has 110 valence electrons. The topological polar surface area (TPSA) is 58.7 Å². The SMILES string of the molecule is NC(=NCC[S@@](=O)Cc1ccccc1)N1CCCCC1. The van der Waals surface area contributed by atoms with Crippen LogP contribution in [0.4, 0.5) is 0 Å². The Morgan fingerprint density at radius 1 is 1.20 bits per heavy atom. The fourth-order valence-electron chi connectivity index (χ4n) is 2.32. The van der Waals surface area contributed by atoms with Gasteiger partial charge in [0.25, 0.3) is 0 Å². The average Bonchev–Trinajstić information content (AvgIpc) is 2.49. The maximum absolute atomic E-state index is 12.0. The van der Waals surface area contributed by atoms with Crippen molar-refractivity contribution in [1.29, 1.82) is 0 Å². The molecule has 1 aromatic carbocycles. The minimum absolute atomic E-state index is 0.543. The summed E-state index contributed by atoms with van der Waals surface area (Å²) in [6, 6.07) is 9.92.